The first-order valence-corrected chi connectivity index (χ1v) is 6.79. The van der Waals surface area contributed by atoms with Crippen LogP contribution >= 0.6 is 15.9 Å². The molecule has 0 saturated heterocycles. The summed E-state index contributed by atoms with van der Waals surface area (Å²) in [6, 6.07) is 12.0. The van der Waals surface area contributed by atoms with E-state index in [0.717, 1.165) is 16.6 Å². The average Bonchev–Trinajstić information content (AvgIpc) is 2.43. The van der Waals surface area contributed by atoms with Gasteiger partial charge in [0.15, 0.2) is 0 Å². The van der Waals surface area contributed by atoms with E-state index in [-0.39, 0.29) is 6.61 Å². The molecule has 0 saturated carbocycles. The SMILES string of the molecule is FC(F)(F)c1ccc(C#CCOc2cccc(Br)c2)cc1. The summed E-state index contributed by atoms with van der Waals surface area (Å²) in [5.74, 6) is 6.19. The van der Waals surface area contributed by atoms with Gasteiger partial charge in [-0.1, -0.05) is 33.8 Å². The van der Waals surface area contributed by atoms with E-state index in [1.54, 1.807) is 12.1 Å². The van der Waals surface area contributed by atoms with Gasteiger partial charge >= 0.3 is 6.18 Å². The monoisotopic (exact) mass is 354 g/mol. The van der Waals surface area contributed by atoms with Gasteiger partial charge in [-0.25, -0.2) is 0 Å². The van der Waals surface area contributed by atoms with Crippen LogP contribution in [0.3, 0.4) is 0 Å². The van der Waals surface area contributed by atoms with E-state index in [1.165, 1.54) is 12.1 Å². The summed E-state index contributed by atoms with van der Waals surface area (Å²) in [6.45, 7) is 0.164. The van der Waals surface area contributed by atoms with Gasteiger partial charge in [-0.2, -0.15) is 13.2 Å². The van der Waals surface area contributed by atoms with Crippen molar-refractivity contribution >= 4 is 15.9 Å². The van der Waals surface area contributed by atoms with Gasteiger partial charge in [0.25, 0.3) is 0 Å². The molecule has 0 fully saturated rings. The summed E-state index contributed by atoms with van der Waals surface area (Å²) >= 11 is 3.32. The smallest absolute Gasteiger partial charge is 0.416 e. The van der Waals surface area contributed by atoms with Crippen LogP contribution in [0.15, 0.2) is 53.0 Å². The quantitative estimate of drug-likeness (QED) is 0.697. The van der Waals surface area contributed by atoms with Gasteiger partial charge in [0, 0.05) is 10.0 Å². The molecule has 0 amide bonds. The average molecular weight is 355 g/mol. The molecule has 2 aromatic carbocycles. The normalized spacial score (nSPS) is 10.7. The van der Waals surface area contributed by atoms with E-state index in [9.17, 15) is 13.2 Å². The molecule has 0 atom stereocenters. The molecule has 108 valence electrons. The highest BCUT2D eigenvalue weighted by Crippen LogP contribution is 2.28. The van der Waals surface area contributed by atoms with Crippen LogP contribution in [0.2, 0.25) is 0 Å². The molecular weight excluding hydrogens is 345 g/mol. The molecule has 21 heavy (non-hydrogen) atoms. The molecule has 1 nitrogen and oxygen atoms in total. The Bertz CT molecular complexity index is 666. The number of alkyl halides is 3. The van der Waals surface area contributed by atoms with Crippen molar-refractivity contribution < 1.29 is 17.9 Å². The highest BCUT2D eigenvalue weighted by molar-refractivity contribution is 9.10. The highest BCUT2D eigenvalue weighted by Gasteiger charge is 2.29. The zero-order valence-electron chi connectivity index (χ0n) is 10.7. The van der Waals surface area contributed by atoms with E-state index in [1.807, 2.05) is 12.1 Å². The van der Waals surface area contributed by atoms with Crippen LogP contribution in [0.5, 0.6) is 5.75 Å². The molecule has 2 rings (SSSR count). The molecule has 0 spiro atoms. The van der Waals surface area contributed by atoms with Gasteiger partial charge in [0.1, 0.15) is 12.4 Å². The van der Waals surface area contributed by atoms with Crippen LogP contribution in [0.25, 0.3) is 0 Å². The Morgan fingerprint density at radius 2 is 1.76 bits per heavy atom. The second-order valence-electron chi connectivity index (χ2n) is 4.12. The van der Waals surface area contributed by atoms with E-state index in [4.69, 9.17) is 4.74 Å². The third-order valence-corrected chi connectivity index (χ3v) is 3.05. The van der Waals surface area contributed by atoms with Crippen molar-refractivity contribution in [3.05, 3.63) is 64.1 Å². The minimum absolute atomic E-state index is 0.164. The lowest BCUT2D eigenvalue weighted by Gasteiger charge is -2.05. The third-order valence-electron chi connectivity index (χ3n) is 2.55. The van der Waals surface area contributed by atoms with Crippen molar-refractivity contribution in [2.75, 3.05) is 6.61 Å². The molecule has 0 aliphatic carbocycles. The van der Waals surface area contributed by atoms with Gasteiger partial charge < -0.3 is 4.74 Å². The van der Waals surface area contributed by atoms with E-state index in [2.05, 4.69) is 27.8 Å². The van der Waals surface area contributed by atoms with Crippen molar-refractivity contribution in [2.24, 2.45) is 0 Å². The number of hydrogen-bond acceptors (Lipinski definition) is 1. The topological polar surface area (TPSA) is 9.23 Å². The summed E-state index contributed by atoms with van der Waals surface area (Å²) in [5.41, 5.74) is -0.167. The molecule has 0 unspecified atom stereocenters. The molecule has 0 aromatic heterocycles. The second kappa shape index (κ2) is 6.68. The maximum absolute atomic E-state index is 12.4. The first-order chi connectivity index (χ1) is 9.95. The van der Waals surface area contributed by atoms with E-state index >= 15 is 0 Å². The molecule has 2 aromatic rings. The molecule has 5 heteroatoms. The summed E-state index contributed by atoms with van der Waals surface area (Å²) in [7, 11) is 0. The Labute approximate surface area is 128 Å². The van der Waals surface area contributed by atoms with Gasteiger partial charge in [0.2, 0.25) is 0 Å². The fourth-order valence-electron chi connectivity index (χ4n) is 1.56. The van der Waals surface area contributed by atoms with Crippen molar-refractivity contribution in [3.63, 3.8) is 0 Å². The Hall–Kier alpha value is -1.93. The number of rotatable bonds is 2. The fraction of sp³-hybridized carbons (Fsp3) is 0.125. The minimum Gasteiger partial charge on any atom is -0.481 e. The summed E-state index contributed by atoms with van der Waals surface area (Å²) in [4.78, 5) is 0. The number of benzene rings is 2. The van der Waals surface area contributed by atoms with E-state index < -0.39 is 11.7 Å². The lowest BCUT2D eigenvalue weighted by Crippen LogP contribution is -2.04. The van der Waals surface area contributed by atoms with Crippen molar-refractivity contribution in [1.82, 2.24) is 0 Å². The molecule has 0 N–H and O–H groups in total. The first-order valence-electron chi connectivity index (χ1n) is 6.00. The van der Waals surface area contributed by atoms with Crippen LogP contribution in [0, 0.1) is 11.8 Å². The van der Waals surface area contributed by atoms with Crippen LogP contribution in [-0.2, 0) is 6.18 Å². The third kappa shape index (κ3) is 4.83. The first kappa shape index (κ1) is 15.5. The standard InChI is InChI=1S/C16H10BrF3O/c17-14-4-1-5-15(11-14)21-10-2-3-12-6-8-13(9-7-12)16(18,19)20/h1,4-9,11H,10H2. The molecule has 0 heterocycles. The van der Waals surface area contributed by atoms with Crippen LogP contribution in [-0.4, -0.2) is 6.61 Å². The van der Waals surface area contributed by atoms with Gasteiger partial charge in [-0.05, 0) is 42.5 Å². The van der Waals surface area contributed by atoms with Gasteiger partial charge in [0.05, 0.1) is 5.56 Å². The minimum atomic E-state index is -4.32. The molecular formula is C16H10BrF3O. The van der Waals surface area contributed by atoms with E-state index in [0.29, 0.717) is 11.3 Å². The molecule has 0 aliphatic rings. The molecule has 0 radical (unpaired) electrons. The molecule has 0 aliphatic heterocycles. The predicted octanol–water partition coefficient (Wildman–Crippen LogP) is 4.90. The molecule has 0 bridgehead atoms. The Morgan fingerprint density at radius 3 is 2.38 bits per heavy atom. The lowest BCUT2D eigenvalue weighted by molar-refractivity contribution is -0.137. The summed E-state index contributed by atoms with van der Waals surface area (Å²) in [6.07, 6.45) is -4.32. The van der Waals surface area contributed by atoms with Crippen LogP contribution < -0.4 is 4.74 Å². The second-order valence-corrected chi connectivity index (χ2v) is 5.04. The van der Waals surface area contributed by atoms with Crippen LogP contribution in [0.1, 0.15) is 11.1 Å². The van der Waals surface area contributed by atoms with Crippen molar-refractivity contribution in [2.45, 2.75) is 6.18 Å². The largest absolute Gasteiger partial charge is 0.481 e. The summed E-state index contributed by atoms with van der Waals surface area (Å²) in [5, 5.41) is 0. The lowest BCUT2D eigenvalue weighted by atomic mass is 10.1. The zero-order chi connectivity index (χ0) is 15.3. The highest BCUT2D eigenvalue weighted by atomic mass is 79.9. The maximum Gasteiger partial charge on any atom is 0.416 e. The Balaban J connectivity index is 1.94. The predicted molar refractivity (Wildman–Crippen MR) is 78.0 cm³/mol. The van der Waals surface area contributed by atoms with Crippen LogP contribution in [0.4, 0.5) is 13.2 Å². The Kier molecular flexibility index (Phi) is 4.92. The number of hydrogen-bond donors (Lipinski definition) is 0. The van der Waals surface area contributed by atoms with Crippen molar-refractivity contribution in [1.29, 1.82) is 0 Å². The fourth-order valence-corrected chi connectivity index (χ4v) is 1.94. The van der Waals surface area contributed by atoms with Gasteiger partial charge in [-0.3, -0.25) is 0 Å². The zero-order valence-corrected chi connectivity index (χ0v) is 12.3. The Morgan fingerprint density at radius 1 is 1.05 bits per heavy atom. The van der Waals surface area contributed by atoms with Gasteiger partial charge in [-0.15, -0.1) is 0 Å². The maximum atomic E-state index is 12.4. The van der Waals surface area contributed by atoms with Crippen molar-refractivity contribution in [3.8, 4) is 17.6 Å². The number of halogens is 4. The summed E-state index contributed by atoms with van der Waals surface area (Å²) < 4.78 is 43.5. The number of ether oxygens (including phenoxy) is 1.